The first-order valence-electron chi connectivity index (χ1n) is 5.82. The summed E-state index contributed by atoms with van der Waals surface area (Å²) in [6, 6.07) is 8.06. The summed E-state index contributed by atoms with van der Waals surface area (Å²) < 4.78 is 26.7. The van der Waals surface area contributed by atoms with Gasteiger partial charge in [0.05, 0.1) is 4.90 Å². The van der Waals surface area contributed by atoms with Crippen LogP contribution in [0.3, 0.4) is 0 Å². The number of nitrogens with zero attached hydrogens (tertiary/aromatic N) is 1. The summed E-state index contributed by atoms with van der Waals surface area (Å²) in [4.78, 5) is 13.1. The van der Waals surface area contributed by atoms with Crippen LogP contribution in [0.2, 0.25) is 0 Å². The largest absolute Gasteiger partial charge is 0.341 e. The van der Waals surface area contributed by atoms with Gasteiger partial charge in [-0.2, -0.15) is 0 Å². The van der Waals surface area contributed by atoms with Crippen molar-refractivity contribution in [3.05, 3.63) is 30.3 Å². The molecule has 1 aromatic carbocycles. The van der Waals surface area contributed by atoms with Gasteiger partial charge in [-0.05, 0) is 18.6 Å². The maximum absolute atomic E-state index is 12.1. The summed E-state index contributed by atoms with van der Waals surface area (Å²) in [7, 11) is -3.48. The lowest BCUT2D eigenvalue weighted by atomic mass is 10.3. The van der Waals surface area contributed by atoms with Crippen molar-refractivity contribution in [2.75, 3.05) is 13.1 Å². The van der Waals surface area contributed by atoms with Crippen molar-refractivity contribution in [3.63, 3.8) is 0 Å². The summed E-state index contributed by atoms with van der Waals surface area (Å²) in [6.45, 7) is 2.55. The standard InChI is InChI=1S/C12H16N2O3S/c1-10(15)14-8-7-11(9-14)13-18(16,17)12-5-3-2-4-6-12/h2-6,11,13H,7-9H2,1H3. The Morgan fingerprint density at radius 3 is 2.56 bits per heavy atom. The predicted octanol–water partition coefficient (Wildman–Crippen LogP) is 0.586. The Morgan fingerprint density at radius 2 is 2.00 bits per heavy atom. The van der Waals surface area contributed by atoms with Crippen LogP contribution in [0.25, 0.3) is 0 Å². The van der Waals surface area contributed by atoms with Gasteiger partial charge in [0.2, 0.25) is 15.9 Å². The van der Waals surface area contributed by atoms with Crippen LogP contribution in [-0.2, 0) is 14.8 Å². The third kappa shape index (κ3) is 2.88. The summed E-state index contributed by atoms with van der Waals surface area (Å²) in [5, 5.41) is 0. The van der Waals surface area contributed by atoms with Crippen molar-refractivity contribution >= 4 is 15.9 Å². The number of hydrogen-bond acceptors (Lipinski definition) is 3. The van der Waals surface area contributed by atoms with Gasteiger partial charge in [0.1, 0.15) is 0 Å². The van der Waals surface area contributed by atoms with Gasteiger partial charge in [-0.3, -0.25) is 4.79 Å². The molecule has 0 saturated carbocycles. The quantitative estimate of drug-likeness (QED) is 0.872. The maximum Gasteiger partial charge on any atom is 0.240 e. The van der Waals surface area contributed by atoms with E-state index in [1.807, 2.05) is 0 Å². The molecular formula is C12H16N2O3S. The van der Waals surface area contributed by atoms with Crippen LogP contribution in [0.15, 0.2) is 35.2 Å². The van der Waals surface area contributed by atoms with E-state index in [-0.39, 0.29) is 16.8 Å². The van der Waals surface area contributed by atoms with Crippen LogP contribution >= 0.6 is 0 Å². The van der Waals surface area contributed by atoms with Gasteiger partial charge >= 0.3 is 0 Å². The van der Waals surface area contributed by atoms with Gasteiger partial charge in [0.15, 0.2) is 0 Å². The lowest BCUT2D eigenvalue weighted by Gasteiger charge is -2.15. The summed E-state index contributed by atoms with van der Waals surface area (Å²) in [6.07, 6.45) is 0.658. The number of rotatable bonds is 3. The highest BCUT2D eigenvalue weighted by Crippen LogP contribution is 2.14. The van der Waals surface area contributed by atoms with Crippen molar-refractivity contribution < 1.29 is 13.2 Å². The van der Waals surface area contributed by atoms with Crippen molar-refractivity contribution in [2.45, 2.75) is 24.3 Å². The lowest BCUT2D eigenvalue weighted by Crippen LogP contribution is -2.37. The third-order valence-corrected chi connectivity index (χ3v) is 4.55. The monoisotopic (exact) mass is 268 g/mol. The summed E-state index contributed by atoms with van der Waals surface area (Å²) in [5.41, 5.74) is 0. The number of carbonyl (C=O) groups is 1. The predicted molar refractivity (Wildman–Crippen MR) is 67.4 cm³/mol. The molecule has 1 N–H and O–H groups in total. The van der Waals surface area contributed by atoms with E-state index in [1.54, 1.807) is 35.2 Å². The van der Waals surface area contributed by atoms with Crippen molar-refractivity contribution in [2.24, 2.45) is 0 Å². The molecule has 0 spiro atoms. The van der Waals surface area contributed by atoms with Crippen molar-refractivity contribution in [3.8, 4) is 0 Å². The van der Waals surface area contributed by atoms with Crippen LogP contribution in [0.5, 0.6) is 0 Å². The minimum Gasteiger partial charge on any atom is -0.341 e. The van der Waals surface area contributed by atoms with E-state index in [9.17, 15) is 13.2 Å². The summed E-state index contributed by atoms with van der Waals surface area (Å²) in [5.74, 6) is -0.0172. The first kappa shape index (κ1) is 13.0. The highest BCUT2D eigenvalue weighted by Gasteiger charge is 2.28. The third-order valence-electron chi connectivity index (χ3n) is 3.01. The molecular weight excluding hydrogens is 252 g/mol. The van der Waals surface area contributed by atoms with Crippen molar-refractivity contribution in [1.82, 2.24) is 9.62 Å². The highest BCUT2D eigenvalue weighted by molar-refractivity contribution is 7.89. The fourth-order valence-electron chi connectivity index (χ4n) is 2.03. The van der Waals surface area contributed by atoms with E-state index in [4.69, 9.17) is 0 Å². The minimum atomic E-state index is -3.48. The molecule has 1 unspecified atom stereocenters. The Hall–Kier alpha value is -1.40. The van der Waals surface area contributed by atoms with Crippen LogP contribution in [0, 0.1) is 0 Å². The van der Waals surface area contributed by atoms with E-state index < -0.39 is 10.0 Å². The number of likely N-dealkylation sites (tertiary alicyclic amines) is 1. The zero-order valence-electron chi connectivity index (χ0n) is 10.2. The molecule has 2 rings (SSSR count). The number of hydrogen-bond donors (Lipinski definition) is 1. The maximum atomic E-state index is 12.1. The van der Waals surface area contributed by atoms with Gasteiger partial charge in [-0.1, -0.05) is 18.2 Å². The Balaban J connectivity index is 2.05. The Labute approximate surface area is 107 Å². The van der Waals surface area contributed by atoms with E-state index in [2.05, 4.69) is 4.72 Å². The number of nitrogens with one attached hydrogen (secondary N) is 1. The van der Waals surface area contributed by atoms with Gasteiger partial charge in [0, 0.05) is 26.1 Å². The number of carbonyl (C=O) groups excluding carboxylic acids is 1. The second kappa shape index (κ2) is 5.07. The molecule has 1 atom stereocenters. The Morgan fingerprint density at radius 1 is 1.33 bits per heavy atom. The molecule has 1 aromatic rings. The smallest absolute Gasteiger partial charge is 0.240 e. The molecule has 6 heteroatoms. The number of sulfonamides is 1. The Bertz CT molecular complexity index is 528. The van der Waals surface area contributed by atoms with E-state index in [0.717, 1.165) is 0 Å². The second-order valence-corrected chi connectivity index (χ2v) is 6.10. The van der Waals surface area contributed by atoms with Crippen LogP contribution < -0.4 is 4.72 Å². The molecule has 0 radical (unpaired) electrons. The van der Waals surface area contributed by atoms with Gasteiger partial charge < -0.3 is 4.90 Å². The molecule has 0 bridgehead atoms. The molecule has 1 aliphatic rings. The molecule has 1 fully saturated rings. The number of benzene rings is 1. The zero-order chi connectivity index (χ0) is 13.2. The normalized spacial score (nSPS) is 20.1. The van der Waals surface area contributed by atoms with Gasteiger partial charge in [-0.15, -0.1) is 0 Å². The second-order valence-electron chi connectivity index (χ2n) is 4.38. The van der Waals surface area contributed by atoms with Crippen molar-refractivity contribution in [1.29, 1.82) is 0 Å². The topological polar surface area (TPSA) is 66.5 Å². The average molecular weight is 268 g/mol. The van der Waals surface area contributed by atoms with Gasteiger partial charge in [-0.25, -0.2) is 13.1 Å². The fraction of sp³-hybridized carbons (Fsp3) is 0.417. The van der Waals surface area contributed by atoms with E-state index in [0.29, 0.717) is 19.5 Å². The average Bonchev–Trinajstić information content (AvgIpc) is 2.78. The molecule has 98 valence electrons. The van der Waals surface area contributed by atoms with E-state index in [1.165, 1.54) is 6.92 Å². The first-order chi connectivity index (χ1) is 8.49. The fourth-order valence-corrected chi connectivity index (χ4v) is 3.31. The molecule has 1 aliphatic heterocycles. The minimum absolute atomic E-state index is 0.0172. The highest BCUT2D eigenvalue weighted by atomic mass is 32.2. The molecule has 5 nitrogen and oxygen atoms in total. The molecule has 1 saturated heterocycles. The van der Waals surface area contributed by atoms with Crippen LogP contribution in [-0.4, -0.2) is 38.4 Å². The Kier molecular flexibility index (Phi) is 3.68. The molecule has 1 heterocycles. The summed E-state index contributed by atoms with van der Waals surface area (Å²) >= 11 is 0. The van der Waals surface area contributed by atoms with Gasteiger partial charge in [0.25, 0.3) is 0 Å². The molecule has 0 aliphatic carbocycles. The molecule has 1 amide bonds. The number of amides is 1. The van der Waals surface area contributed by atoms with Crippen LogP contribution in [0.1, 0.15) is 13.3 Å². The SMILES string of the molecule is CC(=O)N1CCC(NS(=O)(=O)c2ccccc2)C1. The lowest BCUT2D eigenvalue weighted by molar-refractivity contribution is -0.127. The zero-order valence-corrected chi connectivity index (χ0v) is 11.0. The first-order valence-corrected chi connectivity index (χ1v) is 7.30. The molecule has 0 aromatic heterocycles. The molecule has 18 heavy (non-hydrogen) atoms. The van der Waals surface area contributed by atoms with E-state index >= 15 is 0 Å². The van der Waals surface area contributed by atoms with Crippen LogP contribution in [0.4, 0.5) is 0 Å².